The van der Waals surface area contributed by atoms with Crippen molar-refractivity contribution in [3.63, 3.8) is 0 Å². The van der Waals surface area contributed by atoms with Crippen LogP contribution in [0.4, 0.5) is 4.39 Å². The highest BCUT2D eigenvalue weighted by atomic mass is 35.5. The van der Waals surface area contributed by atoms with E-state index in [9.17, 15) is 9.18 Å². The van der Waals surface area contributed by atoms with Crippen LogP contribution in [0.2, 0.25) is 5.02 Å². The highest BCUT2D eigenvalue weighted by molar-refractivity contribution is 6.31. The Morgan fingerprint density at radius 1 is 1.53 bits per heavy atom. The van der Waals surface area contributed by atoms with Gasteiger partial charge < -0.3 is 5.32 Å². The quantitative estimate of drug-likeness (QED) is 0.849. The zero-order valence-corrected chi connectivity index (χ0v) is 10.9. The van der Waals surface area contributed by atoms with E-state index in [4.69, 9.17) is 11.6 Å². The monoisotopic (exact) mass is 257 g/mol. The first-order valence-electron chi connectivity index (χ1n) is 5.72. The number of rotatable bonds is 6. The molecule has 1 atom stereocenters. The van der Waals surface area contributed by atoms with Crippen LogP contribution in [-0.2, 0) is 11.2 Å². The topological polar surface area (TPSA) is 29.1 Å². The summed E-state index contributed by atoms with van der Waals surface area (Å²) in [7, 11) is 0. The molecule has 17 heavy (non-hydrogen) atoms. The summed E-state index contributed by atoms with van der Waals surface area (Å²) >= 11 is 5.85. The fourth-order valence-corrected chi connectivity index (χ4v) is 1.61. The van der Waals surface area contributed by atoms with E-state index in [0.717, 1.165) is 6.42 Å². The van der Waals surface area contributed by atoms with Crippen LogP contribution in [0.3, 0.4) is 0 Å². The first-order valence-corrected chi connectivity index (χ1v) is 6.09. The number of carbonyl (C=O) groups is 1. The first kappa shape index (κ1) is 14.1. The third kappa shape index (κ3) is 4.84. The zero-order chi connectivity index (χ0) is 12.8. The Balaban J connectivity index is 2.50. The molecule has 0 saturated carbocycles. The van der Waals surface area contributed by atoms with Crippen molar-refractivity contribution in [3.05, 3.63) is 34.6 Å². The number of halogens is 2. The Labute approximate surface area is 106 Å². The highest BCUT2D eigenvalue weighted by Gasteiger charge is 2.09. The van der Waals surface area contributed by atoms with Crippen molar-refractivity contribution in [2.24, 2.45) is 0 Å². The molecule has 1 N–H and O–H groups in total. The molecule has 0 amide bonds. The molecule has 0 aromatic heterocycles. The minimum absolute atomic E-state index is 0.0545. The number of carbonyl (C=O) groups excluding carboxylic acids is 1. The lowest BCUT2D eigenvalue weighted by molar-refractivity contribution is -0.117. The molecule has 1 unspecified atom stereocenters. The fourth-order valence-electron chi connectivity index (χ4n) is 1.37. The molecular weight excluding hydrogens is 241 g/mol. The number of Topliss-reactive ketones (excluding diaryl/α,β-unsaturated/α-hetero) is 1. The van der Waals surface area contributed by atoms with E-state index in [1.165, 1.54) is 12.1 Å². The second kappa shape index (κ2) is 6.72. The maximum Gasteiger partial charge on any atom is 0.151 e. The van der Waals surface area contributed by atoms with E-state index in [0.29, 0.717) is 23.2 Å². The summed E-state index contributed by atoms with van der Waals surface area (Å²) in [5.41, 5.74) is 0.670. The van der Waals surface area contributed by atoms with Crippen molar-refractivity contribution in [1.82, 2.24) is 5.32 Å². The van der Waals surface area contributed by atoms with Crippen LogP contribution in [-0.4, -0.2) is 18.4 Å². The number of hydrogen-bond donors (Lipinski definition) is 1. The van der Waals surface area contributed by atoms with E-state index in [1.54, 1.807) is 6.07 Å². The molecule has 0 saturated heterocycles. The van der Waals surface area contributed by atoms with Gasteiger partial charge in [0, 0.05) is 17.5 Å². The SMILES string of the molecule is CCC(C)NCC(=O)Cc1ccc(F)cc1Cl. The summed E-state index contributed by atoms with van der Waals surface area (Å²) in [4.78, 5) is 11.7. The third-order valence-electron chi connectivity index (χ3n) is 2.66. The average molecular weight is 258 g/mol. The standard InChI is InChI=1S/C13H17ClFNO/c1-3-9(2)16-8-12(17)6-10-4-5-11(15)7-13(10)14/h4-5,7,9,16H,3,6,8H2,1-2H3. The van der Waals surface area contributed by atoms with Gasteiger partial charge in [-0.25, -0.2) is 4.39 Å². The number of hydrogen-bond acceptors (Lipinski definition) is 2. The molecule has 1 aromatic rings. The predicted molar refractivity (Wildman–Crippen MR) is 67.9 cm³/mol. The maximum absolute atomic E-state index is 12.8. The van der Waals surface area contributed by atoms with Crippen LogP contribution in [0.5, 0.6) is 0 Å². The van der Waals surface area contributed by atoms with Crippen molar-refractivity contribution in [2.75, 3.05) is 6.54 Å². The van der Waals surface area contributed by atoms with Gasteiger partial charge in [-0.1, -0.05) is 24.6 Å². The summed E-state index contributed by atoms with van der Waals surface area (Å²) in [6.45, 7) is 4.40. The predicted octanol–water partition coefficient (Wildman–Crippen LogP) is 2.98. The molecule has 1 rings (SSSR count). The van der Waals surface area contributed by atoms with Gasteiger partial charge in [-0.3, -0.25) is 4.79 Å². The van der Waals surface area contributed by atoms with Crippen molar-refractivity contribution in [2.45, 2.75) is 32.7 Å². The van der Waals surface area contributed by atoms with Crippen LogP contribution in [0.1, 0.15) is 25.8 Å². The summed E-state index contributed by atoms with van der Waals surface area (Å²) in [5.74, 6) is -0.331. The zero-order valence-electron chi connectivity index (χ0n) is 10.1. The average Bonchev–Trinajstić information content (AvgIpc) is 2.29. The number of ketones is 1. The van der Waals surface area contributed by atoms with Gasteiger partial charge in [0.05, 0.1) is 6.54 Å². The lowest BCUT2D eigenvalue weighted by Gasteiger charge is -2.10. The van der Waals surface area contributed by atoms with E-state index >= 15 is 0 Å². The van der Waals surface area contributed by atoms with Crippen LogP contribution in [0.25, 0.3) is 0 Å². The first-order chi connectivity index (χ1) is 8.02. The molecule has 0 bridgehead atoms. The third-order valence-corrected chi connectivity index (χ3v) is 3.01. The van der Waals surface area contributed by atoms with Gasteiger partial charge in [-0.05, 0) is 31.0 Å². The van der Waals surface area contributed by atoms with E-state index in [1.807, 2.05) is 6.92 Å². The van der Waals surface area contributed by atoms with Crippen molar-refractivity contribution >= 4 is 17.4 Å². The van der Waals surface area contributed by atoms with Gasteiger partial charge in [0.2, 0.25) is 0 Å². The Morgan fingerprint density at radius 3 is 2.82 bits per heavy atom. The minimum atomic E-state index is -0.385. The Morgan fingerprint density at radius 2 is 2.24 bits per heavy atom. The van der Waals surface area contributed by atoms with Crippen LogP contribution < -0.4 is 5.32 Å². The summed E-state index contributed by atoms with van der Waals surface area (Å²) in [6, 6.07) is 4.42. The van der Waals surface area contributed by atoms with Crippen LogP contribution in [0.15, 0.2) is 18.2 Å². The van der Waals surface area contributed by atoms with Crippen LogP contribution in [0, 0.1) is 5.82 Å². The fraction of sp³-hybridized carbons (Fsp3) is 0.462. The molecule has 94 valence electrons. The lowest BCUT2D eigenvalue weighted by Crippen LogP contribution is -2.31. The molecule has 0 aliphatic carbocycles. The minimum Gasteiger partial charge on any atom is -0.307 e. The molecular formula is C13H17ClFNO. The highest BCUT2D eigenvalue weighted by Crippen LogP contribution is 2.17. The van der Waals surface area contributed by atoms with Crippen molar-refractivity contribution in [3.8, 4) is 0 Å². The molecule has 0 radical (unpaired) electrons. The summed E-state index contributed by atoms with van der Waals surface area (Å²) in [6.07, 6.45) is 1.22. The number of nitrogens with one attached hydrogen (secondary N) is 1. The Kier molecular flexibility index (Phi) is 5.59. The van der Waals surface area contributed by atoms with Gasteiger partial charge in [0.15, 0.2) is 5.78 Å². The van der Waals surface area contributed by atoms with Gasteiger partial charge in [0.1, 0.15) is 5.82 Å². The van der Waals surface area contributed by atoms with Gasteiger partial charge in [0.25, 0.3) is 0 Å². The summed E-state index contributed by atoms with van der Waals surface area (Å²) < 4.78 is 12.8. The van der Waals surface area contributed by atoms with E-state index < -0.39 is 0 Å². The molecule has 0 aliphatic heterocycles. The number of benzene rings is 1. The molecule has 4 heteroatoms. The van der Waals surface area contributed by atoms with E-state index in [2.05, 4.69) is 12.2 Å². The van der Waals surface area contributed by atoms with Gasteiger partial charge in [-0.15, -0.1) is 0 Å². The van der Waals surface area contributed by atoms with Crippen LogP contribution >= 0.6 is 11.6 Å². The van der Waals surface area contributed by atoms with Gasteiger partial charge in [-0.2, -0.15) is 0 Å². The van der Waals surface area contributed by atoms with E-state index in [-0.39, 0.29) is 18.0 Å². The molecule has 1 aromatic carbocycles. The second-order valence-corrected chi connectivity index (χ2v) is 4.55. The Bertz CT molecular complexity index is 395. The van der Waals surface area contributed by atoms with Crippen molar-refractivity contribution < 1.29 is 9.18 Å². The molecule has 0 aliphatic rings. The Hall–Kier alpha value is -0.930. The molecule has 0 fully saturated rings. The molecule has 0 spiro atoms. The maximum atomic E-state index is 12.8. The van der Waals surface area contributed by atoms with Crippen molar-refractivity contribution in [1.29, 1.82) is 0 Å². The summed E-state index contributed by atoms with van der Waals surface area (Å²) in [5, 5.41) is 3.42. The van der Waals surface area contributed by atoms with Gasteiger partial charge >= 0.3 is 0 Å². The largest absolute Gasteiger partial charge is 0.307 e. The molecule has 0 heterocycles. The lowest BCUT2D eigenvalue weighted by atomic mass is 10.1. The smallest absolute Gasteiger partial charge is 0.151 e. The second-order valence-electron chi connectivity index (χ2n) is 4.14. The molecule has 2 nitrogen and oxygen atoms in total. The normalized spacial score (nSPS) is 12.5.